The number of carbonyl (C=O) groups excluding carboxylic acids is 2. The van der Waals surface area contributed by atoms with Gasteiger partial charge in [-0.2, -0.15) is 13.2 Å². The Balaban J connectivity index is -0.000000720. The van der Waals surface area contributed by atoms with E-state index in [1.807, 2.05) is 0 Å². The SMILES string of the molecule is O=C(OC(=O)C(Br)(Br)Br)C(F)(F)F.[KH].[NaH]. The molecule has 0 atom stereocenters. The van der Waals surface area contributed by atoms with E-state index in [9.17, 15) is 22.8 Å². The molecule has 0 aromatic rings. The van der Waals surface area contributed by atoms with Crippen LogP contribution in [-0.2, 0) is 14.3 Å². The van der Waals surface area contributed by atoms with Gasteiger partial charge in [0.2, 0.25) is 2.14 Å². The van der Waals surface area contributed by atoms with Crippen LogP contribution < -0.4 is 0 Å². The molecule has 0 N–H and O–H groups in total. The van der Waals surface area contributed by atoms with Crippen LogP contribution in [0.4, 0.5) is 13.2 Å². The Morgan fingerprint density at radius 2 is 1.33 bits per heavy atom. The Morgan fingerprint density at radius 1 is 1.00 bits per heavy atom. The van der Waals surface area contributed by atoms with Crippen LogP contribution in [0.2, 0.25) is 0 Å². The van der Waals surface area contributed by atoms with Crippen molar-refractivity contribution < 1.29 is 27.5 Å². The fourth-order valence-corrected chi connectivity index (χ4v) is 0.443. The maximum absolute atomic E-state index is 11.5. The van der Waals surface area contributed by atoms with Gasteiger partial charge in [-0.25, -0.2) is 9.59 Å². The van der Waals surface area contributed by atoms with E-state index in [1.54, 1.807) is 0 Å². The first-order valence-electron chi connectivity index (χ1n) is 2.45. The van der Waals surface area contributed by atoms with Crippen molar-refractivity contribution in [2.75, 3.05) is 0 Å². The second-order valence-electron chi connectivity index (χ2n) is 1.67. The van der Waals surface area contributed by atoms with Crippen LogP contribution in [0.15, 0.2) is 0 Å². The number of hydrogen-bond acceptors (Lipinski definition) is 3. The average Bonchev–Trinajstić information content (AvgIpc) is 1.82. The summed E-state index contributed by atoms with van der Waals surface area (Å²) in [4.78, 5) is 20.7. The number of alkyl halides is 6. The molecule has 0 bridgehead atoms. The first-order chi connectivity index (χ1) is 5.55. The number of esters is 2. The number of rotatable bonds is 0. The van der Waals surface area contributed by atoms with E-state index in [4.69, 9.17) is 0 Å². The van der Waals surface area contributed by atoms with Crippen LogP contribution in [0.5, 0.6) is 0 Å². The van der Waals surface area contributed by atoms with Crippen molar-refractivity contribution in [2.45, 2.75) is 8.32 Å². The van der Waals surface area contributed by atoms with Crippen molar-refractivity contribution >= 4 is 141 Å². The zero-order valence-corrected chi connectivity index (χ0v) is 10.3. The third kappa shape index (κ3) is 10.6. The monoisotopic (exact) mass is 454 g/mol. The van der Waals surface area contributed by atoms with Crippen molar-refractivity contribution in [3.8, 4) is 0 Å². The van der Waals surface area contributed by atoms with Gasteiger partial charge in [0, 0.05) is 0 Å². The van der Waals surface area contributed by atoms with Gasteiger partial charge in [0.25, 0.3) is 0 Å². The van der Waals surface area contributed by atoms with Crippen molar-refractivity contribution in [2.24, 2.45) is 0 Å². The molecule has 0 aliphatic heterocycles. The van der Waals surface area contributed by atoms with Crippen LogP contribution in [0.3, 0.4) is 0 Å². The van der Waals surface area contributed by atoms with Crippen molar-refractivity contribution in [3.63, 3.8) is 0 Å². The van der Waals surface area contributed by atoms with E-state index in [0.29, 0.717) is 0 Å². The summed E-state index contributed by atoms with van der Waals surface area (Å²) in [7, 11) is 0. The van der Waals surface area contributed by atoms with E-state index in [2.05, 4.69) is 52.5 Å². The zero-order valence-electron chi connectivity index (χ0n) is 5.49. The van der Waals surface area contributed by atoms with Crippen LogP contribution in [0, 0.1) is 0 Å². The van der Waals surface area contributed by atoms with E-state index in [-0.39, 0.29) is 80.9 Å². The number of ether oxygens (including phenoxy) is 1. The topological polar surface area (TPSA) is 43.4 Å². The normalized spacial score (nSPS) is 10.8. The third-order valence-electron chi connectivity index (χ3n) is 0.648. The summed E-state index contributed by atoms with van der Waals surface area (Å²) >= 11 is 7.74. The van der Waals surface area contributed by atoms with E-state index in [1.165, 1.54) is 0 Å². The summed E-state index contributed by atoms with van der Waals surface area (Å²) < 4.78 is 36.3. The zero-order chi connectivity index (χ0) is 10.9. The maximum atomic E-state index is 11.5. The molecule has 0 radical (unpaired) electrons. The summed E-state index contributed by atoms with van der Waals surface area (Å²) in [6.45, 7) is 0. The van der Waals surface area contributed by atoms with Gasteiger partial charge in [0.1, 0.15) is 0 Å². The molecule has 0 aliphatic rings. The molecule has 11 heteroatoms. The van der Waals surface area contributed by atoms with Gasteiger partial charge < -0.3 is 4.74 Å². The van der Waals surface area contributed by atoms with Crippen molar-refractivity contribution in [3.05, 3.63) is 0 Å². The number of halogens is 6. The van der Waals surface area contributed by atoms with Crippen LogP contribution in [0.25, 0.3) is 0 Å². The molecule has 15 heavy (non-hydrogen) atoms. The van der Waals surface area contributed by atoms with Crippen LogP contribution in [-0.4, -0.2) is 101 Å². The van der Waals surface area contributed by atoms with Gasteiger partial charge in [0.15, 0.2) is 0 Å². The van der Waals surface area contributed by atoms with Gasteiger partial charge in [-0.1, -0.05) is 0 Å². The first-order valence-corrected chi connectivity index (χ1v) is 4.83. The van der Waals surface area contributed by atoms with Crippen LogP contribution >= 0.6 is 47.8 Å². The van der Waals surface area contributed by atoms with Gasteiger partial charge in [-0.05, 0) is 47.8 Å². The predicted molar refractivity (Wildman–Crippen MR) is 61.0 cm³/mol. The molecule has 0 aliphatic carbocycles. The standard InChI is InChI=1S/C4Br3F3O3.K.Na.2H/c5-3(6,7)1(11)13-2(12)4(8,9)10;;;;. The van der Waals surface area contributed by atoms with Gasteiger partial charge in [0.05, 0.1) is 0 Å². The molecule has 0 saturated heterocycles. The van der Waals surface area contributed by atoms with Crippen LogP contribution in [0.1, 0.15) is 0 Å². The molecular weight excluding hydrogens is 455 g/mol. The Morgan fingerprint density at radius 3 is 1.53 bits per heavy atom. The third-order valence-corrected chi connectivity index (χ3v) is 1.62. The Bertz CT molecular complexity index is 218. The second kappa shape index (κ2) is 9.00. The minimum absolute atomic E-state index is 0. The number of carbonyl (C=O) groups is 2. The van der Waals surface area contributed by atoms with Gasteiger partial charge >= 0.3 is 99.1 Å². The van der Waals surface area contributed by atoms with Gasteiger partial charge in [-0.15, -0.1) is 0 Å². The molecule has 0 spiro atoms. The van der Waals surface area contributed by atoms with E-state index in [0.717, 1.165) is 0 Å². The predicted octanol–water partition coefficient (Wildman–Crippen LogP) is 1.16. The Labute approximate surface area is 173 Å². The fraction of sp³-hybridized carbons (Fsp3) is 0.500. The summed E-state index contributed by atoms with van der Waals surface area (Å²) in [5.74, 6) is -4.02. The molecule has 3 nitrogen and oxygen atoms in total. The molecule has 0 fully saturated rings. The molecule has 0 saturated carbocycles. The number of hydrogen-bond donors (Lipinski definition) is 0. The summed E-state index contributed by atoms with van der Waals surface area (Å²) in [5, 5.41) is 0. The van der Waals surface area contributed by atoms with Crippen molar-refractivity contribution in [1.29, 1.82) is 0 Å². The minimum atomic E-state index is -5.19. The Kier molecular flexibility index (Phi) is 13.9. The van der Waals surface area contributed by atoms with Crippen molar-refractivity contribution in [1.82, 2.24) is 0 Å². The molecule has 0 amide bonds. The first kappa shape index (κ1) is 23.1. The molecular formula is C4H2Br3F3KNaO3. The molecule has 0 aromatic heterocycles. The van der Waals surface area contributed by atoms with Gasteiger partial charge in [-0.3, -0.25) is 0 Å². The Hall–Kier alpha value is 3.01. The average molecular weight is 457 g/mol. The molecule has 0 unspecified atom stereocenters. The molecule has 0 rings (SSSR count). The van der Waals surface area contributed by atoms with E-state index >= 15 is 0 Å². The quantitative estimate of drug-likeness (QED) is 0.238. The second-order valence-corrected chi connectivity index (χ2v) is 8.43. The molecule has 80 valence electrons. The summed E-state index contributed by atoms with van der Waals surface area (Å²) in [6.07, 6.45) is -5.19. The fourth-order valence-electron chi connectivity index (χ4n) is 0.200. The van der Waals surface area contributed by atoms with E-state index < -0.39 is 20.3 Å². The summed E-state index contributed by atoms with van der Waals surface area (Å²) in [6, 6.07) is 0. The summed E-state index contributed by atoms with van der Waals surface area (Å²) in [5.41, 5.74) is 0. The molecule has 0 heterocycles. The molecule has 0 aromatic carbocycles.